The number of nitro benzene ring substituents is 1. The summed E-state index contributed by atoms with van der Waals surface area (Å²) in [6.07, 6.45) is 2.74. The van der Waals surface area contributed by atoms with Crippen molar-refractivity contribution in [2.24, 2.45) is 11.8 Å². The van der Waals surface area contributed by atoms with E-state index in [0.29, 0.717) is 19.0 Å². The Morgan fingerprint density at radius 3 is 2.35 bits per heavy atom. The van der Waals surface area contributed by atoms with Crippen molar-refractivity contribution in [1.82, 2.24) is 10.2 Å². The van der Waals surface area contributed by atoms with Gasteiger partial charge in [-0.2, -0.15) is 0 Å². The number of rotatable bonds is 8. The Kier molecular flexibility index (Phi) is 8.50. The van der Waals surface area contributed by atoms with Crippen molar-refractivity contribution in [3.05, 3.63) is 68.7 Å². The van der Waals surface area contributed by atoms with E-state index < -0.39 is 16.9 Å². The van der Waals surface area contributed by atoms with Gasteiger partial charge in [0.2, 0.25) is 5.91 Å². The van der Waals surface area contributed by atoms with Gasteiger partial charge in [0.05, 0.1) is 22.6 Å². The van der Waals surface area contributed by atoms with Gasteiger partial charge < -0.3 is 15.0 Å². The van der Waals surface area contributed by atoms with Crippen LogP contribution in [0.1, 0.15) is 42.6 Å². The highest BCUT2D eigenvalue weighted by atomic mass is 35.5. The molecule has 1 unspecified atom stereocenters. The van der Waals surface area contributed by atoms with Gasteiger partial charge in [0.15, 0.2) is 0 Å². The number of non-ortho nitro benzene ring substituents is 1. The number of halogens is 1. The molecule has 1 heterocycles. The molecule has 1 atom stereocenters. The molecule has 8 nitrogen and oxygen atoms in total. The van der Waals surface area contributed by atoms with Crippen LogP contribution in [0.3, 0.4) is 0 Å². The Morgan fingerprint density at radius 2 is 1.82 bits per heavy atom. The molecule has 2 amide bonds. The average molecular weight is 488 g/mol. The molecule has 0 radical (unpaired) electrons. The van der Waals surface area contributed by atoms with Gasteiger partial charge in [-0.15, -0.1) is 0 Å². The summed E-state index contributed by atoms with van der Waals surface area (Å²) in [6.45, 7) is 5.02. The maximum atomic E-state index is 13.2. The summed E-state index contributed by atoms with van der Waals surface area (Å²) in [5.41, 5.74) is 1.15. The van der Waals surface area contributed by atoms with E-state index in [-0.39, 0.29) is 28.1 Å². The first-order valence-electron chi connectivity index (χ1n) is 11.4. The summed E-state index contributed by atoms with van der Waals surface area (Å²) >= 11 is 6.09. The van der Waals surface area contributed by atoms with E-state index in [2.05, 4.69) is 17.4 Å². The fourth-order valence-corrected chi connectivity index (χ4v) is 4.44. The van der Waals surface area contributed by atoms with Gasteiger partial charge in [0, 0.05) is 25.2 Å². The van der Waals surface area contributed by atoms with Crippen molar-refractivity contribution in [2.75, 3.05) is 20.2 Å². The number of nitrogens with one attached hydrogen (secondary N) is 1. The Bertz CT molecular complexity index is 1030. The molecule has 0 aromatic heterocycles. The number of hydrogen-bond donors (Lipinski definition) is 1. The summed E-state index contributed by atoms with van der Waals surface area (Å²) < 4.78 is 5.21. The lowest BCUT2D eigenvalue weighted by atomic mass is 9.89. The molecular formula is C25H30ClN3O5. The van der Waals surface area contributed by atoms with Crippen molar-refractivity contribution in [2.45, 2.75) is 39.2 Å². The molecule has 1 aliphatic rings. The van der Waals surface area contributed by atoms with E-state index in [1.165, 1.54) is 17.7 Å². The minimum atomic E-state index is -0.711. The first kappa shape index (κ1) is 25.5. The van der Waals surface area contributed by atoms with E-state index in [1.54, 1.807) is 7.11 Å². The topological polar surface area (TPSA) is 102 Å². The second kappa shape index (κ2) is 11.3. The van der Waals surface area contributed by atoms with E-state index in [1.807, 2.05) is 30.9 Å². The number of ether oxygens (including phenoxy) is 1. The number of carbonyl (C=O) groups excluding carboxylic acids is 2. The summed E-state index contributed by atoms with van der Waals surface area (Å²) in [6, 6.07) is 11.0. The van der Waals surface area contributed by atoms with Gasteiger partial charge in [0.1, 0.15) is 11.8 Å². The minimum absolute atomic E-state index is 0.0269. The standard InChI is InChI=1S/C25H30ClN3O5/c1-16(2)23(27-24(30)21-9-6-19(29(32)33)15-22(21)26)25(31)28-12-10-18(11-13-28)14-17-4-7-20(34-3)8-5-17/h4-9,15-16,18,23H,10-14H2,1-3H3,(H,27,30). The zero-order valence-corrected chi connectivity index (χ0v) is 20.4. The van der Waals surface area contributed by atoms with Crippen molar-refractivity contribution in [3.63, 3.8) is 0 Å². The third kappa shape index (κ3) is 6.26. The van der Waals surface area contributed by atoms with Crippen LogP contribution in [0.15, 0.2) is 42.5 Å². The van der Waals surface area contributed by atoms with Crippen molar-refractivity contribution < 1.29 is 19.2 Å². The monoisotopic (exact) mass is 487 g/mol. The molecule has 0 bridgehead atoms. The van der Waals surface area contributed by atoms with Gasteiger partial charge in [0.25, 0.3) is 11.6 Å². The van der Waals surface area contributed by atoms with Crippen LogP contribution in [0.2, 0.25) is 5.02 Å². The van der Waals surface area contributed by atoms with Crippen LogP contribution in [0.4, 0.5) is 5.69 Å². The Morgan fingerprint density at radius 1 is 1.18 bits per heavy atom. The fourth-order valence-electron chi connectivity index (χ4n) is 4.18. The number of amides is 2. The Hall–Kier alpha value is -3.13. The van der Waals surface area contributed by atoms with Crippen LogP contribution in [-0.2, 0) is 11.2 Å². The average Bonchev–Trinajstić information content (AvgIpc) is 2.82. The smallest absolute Gasteiger partial charge is 0.270 e. The number of piperidine rings is 1. The lowest BCUT2D eigenvalue weighted by Crippen LogP contribution is -2.53. The Labute approximate surface area is 204 Å². The number of hydrogen-bond acceptors (Lipinski definition) is 5. The molecule has 2 aromatic carbocycles. The predicted octanol–water partition coefficient (Wildman–Crippen LogP) is 4.49. The molecule has 1 N–H and O–H groups in total. The van der Waals surface area contributed by atoms with E-state index in [9.17, 15) is 19.7 Å². The van der Waals surface area contributed by atoms with Crippen LogP contribution in [0.25, 0.3) is 0 Å². The quantitative estimate of drug-likeness (QED) is 0.436. The zero-order valence-electron chi connectivity index (χ0n) is 19.6. The molecule has 1 aliphatic heterocycles. The van der Waals surface area contributed by atoms with Crippen LogP contribution in [0.5, 0.6) is 5.75 Å². The largest absolute Gasteiger partial charge is 0.497 e. The van der Waals surface area contributed by atoms with Crippen molar-refractivity contribution in [3.8, 4) is 5.75 Å². The molecular weight excluding hydrogens is 458 g/mol. The van der Waals surface area contributed by atoms with Gasteiger partial charge in [-0.05, 0) is 54.9 Å². The van der Waals surface area contributed by atoms with Gasteiger partial charge in [-0.1, -0.05) is 37.6 Å². The second-order valence-electron chi connectivity index (χ2n) is 8.94. The van der Waals surface area contributed by atoms with E-state index in [4.69, 9.17) is 16.3 Å². The van der Waals surface area contributed by atoms with Crippen LogP contribution in [-0.4, -0.2) is 47.9 Å². The third-order valence-electron chi connectivity index (χ3n) is 6.24. The van der Waals surface area contributed by atoms with Gasteiger partial charge >= 0.3 is 0 Å². The highest BCUT2D eigenvalue weighted by molar-refractivity contribution is 6.34. The summed E-state index contributed by atoms with van der Waals surface area (Å²) in [5, 5.41) is 13.7. The number of carbonyl (C=O) groups is 2. The summed E-state index contributed by atoms with van der Waals surface area (Å²) in [5.74, 6) is 0.542. The Balaban J connectivity index is 1.59. The number of nitro groups is 1. The number of likely N-dealkylation sites (tertiary alicyclic amines) is 1. The molecule has 182 valence electrons. The highest BCUT2D eigenvalue weighted by Gasteiger charge is 2.32. The molecule has 34 heavy (non-hydrogen) atoms. The number of benzene rings is 2. The lowest BCUT2D eigenvalue weighted by Gasteiger charge is -2.35. The normalized spacial score (nSPS) is 15.1. The van der Waals surface area contributed by atoms with Gasteiger partial charge in [-0.25, -0.2) is 0 Å². The van der Waals surface area contributed by atoms with Crippen molar-refractivity contribution in [1.29, 1.82) is 0 Å². The van der Waals surface area contributed by atoms with Crippen LogP contribution < -0.4 is 10.1 Å². The molecule has 3 rings (SSSR count). The molecule has 0 saturated carbocycles. The van der Waals surface area contributed by atoms with Crippen LogP contribution in [0, 0.1) is 22.0 Å². The first-order chi connectivity index (χ1) is 16.2. The summed E-state index contributed by atoms with van der Waals surface area (Å²) in [7, 11) is 1.65. The van der Waals surface area contributed by atoms with Gasteiger partial charge in [-0.3, -0.25) is 19.7 Å². The molecule has 0 aliphatic carbocycles. The number of nitrogens with zero attached hydrogens (tertiary/aromatic N) is 2. The maximum Gasteiger partial charge on any atom is 0.270 e. The molecule has 2 aromatic rings. The second-order valence-corrected chi connectivity index (χ2v) is 9.34. The fraction of sp³-hybridized carbons (Fsp3) is 0.440. The molecule has 9 heteroatoms. The molecule has 1 saturated heterocycles. The molecule has 0 spiro atoms. The van der Waals surface area contributed by atoms with Crippen LogP contribution >= 0.6 is 11.6 Å². The predicted molar refractivity (Wildman–Crippen MR) is 130 cm³/mol. The van der Waals surface area contributed by atoms with E-state index in [0.717, 1.165) is 31.1 Å². The zero-order chi connectivity index (χ0) is 24.8. The third-order valence-corrected chi connectivity index (χ3v) is 6.55. The highest BCUT2D eigenvalue weighted by Crippen LogP contribution is 2.25. The maximum absolute atomic E-state index is 13.2. The molecule has 1 fully saturated rings. The van der Waals surface area contributed by atoms with E-state index >= 15 is 0 Å². The van der Waals surface area contributed by atoms with Crippen molar-refractivity contribution >= 4 is 29.1 Å². The SMILES string of the molecule is COc1ccc(CC2CCN(C(=O)C(NC(=O)c3ccc([N+](=O)[O-])cc3Cl)C(C)C)CC2)cc1. The number of methoxy groups -OCH3 is 1. The minimum Gasteiger partial charge on any atom is -0.497 e. The first-order valence-corrected chi connectivity index (χ1v) is 11.7. The lowest BCUT2D eigenvalue weighted by molar-refractivity contribution is -0.384. The summed E-state index contributed by atoms with van der Waals surface area (Å²) in [4.78, 5) is 38.2.